The average Bonchev–Trinajstić information content (AvgIpc) is 2.34. The van der Waals surface area contributed by atoms with Crippen molar-refractivity contribution in [1.29, 1.82) is 0 Å². The molecule has 0 aromatic heterocycles. The van der Waals surface area contributed by atoms with Crippen molar-refractivity contribution in [2.24, 2.45) is 5.92 Å². The summed E-state index contributed by atoms with van der Waals surface area (Å²) in [6.45, 7) is 7.57. The molecule has 0 radical (unpaired) electrons. The first-order valence-corrected chi connectivity index (χ1v) is 6.47. The summed E-state index contributed by atoms with van der Waals surface area (Å²) in [5.74, 6) is -0.477. The minimum Gasteiger partial charge on any atom is -0.462 e. The van der Waals surface area contributed by atoms with E-state index in [9.17, 15) is 9.18 Å². The van der Waals surface area contributed by atoms with E-state index in [4.69, 9.17) is 4.74 Å². The van der Waals surface area contributed by atoms with Crippen molar-refractivity contribution in [2.75, 3.05) is 6.61 Å². The molecule has 1 aromatic carbocycles. The Morgan fingerprint density at radius 2 is 2.06 bits per heavy atom. The first-order valence-electron chi connectivity index (χ1n) is 5.68. The molecule has 0 aliphatic rings. The molecule has 4 heteroatoms. The third-order valence-electron chi connectivity index (χ3n) is 2.29. The number of hydrogen-bond acceptors (Lipinski definition) is 2. The highest BCUT2D eigenvalue weighted by Gasteiger charge is 2.23. The van der Waals surface area contributed by atoms with E-state index in [2.05, 4.69) is 22.5 Å². The smallest absolute Gasteiger partial charge is 0.336 e. The molecule has 0 saturated heterocycles. The number of carbonyl (C=O) groups is 1. The average molecular weight is 315 g/mol. The van der Waals surface area contributed by atoms with Gasteiger partial charge in [0.15, 0.2) is 6.17 Å². The van der Waals surface area contributed by atoms with Crippen LogP contribution in [0.25, 0.3) is 0 Å². The molecule has 2 nitrogen and oxygen atoms in total. The van der Waals surface area contributed by atoms with Gasteiger partial charge in [-0.05, 0) is 12.0 Å². The zero-order valence-electron chi connectivity index (χ0n) is 10.5. The second-order valence-corrected chi connectivity index (χ2v) is 5.26. The Balaban J connectivity index is 2.72. The third kappa shape index (κ3) is 3.95. The lowest BCUT2D eigenvalue weighted by Gasteiger charge is -2.13. The predicted octanol–water partition coefficient (Wildman–Crippen LogP) is 4.22. The third-order valence-corrected chi connectivity index (χ3v) is 3.02. The van der Waals surface area contributed by atoms with Gasteiger partial charge in [-0.1, -0.05) is 54.6 Å². The maximum Gasteiger partial charge on any atom is 0.336 e. The van der Waals surface area contributed by atoms with Gasteiger partial charge in [0.2, 0.25) is 0 Å². The van der Waals surface area contributed by atoms with Crippen LogP contribution in [-0.4, -0.2) is 12.6 Å². The van der Waals surface area contributed by atoms with Gasteiger partial charge in [-0.2, -0.15) is 0 Å². The van der Waals surface area contributed by atoms with Crippen LogP contribution in [0.1, 0.15) is 25.6 Å². The number of carbonyl (C=O) groups excluding carboxylic acids is 1. The molecule has 0 amide bonds. The number of alkyl halides is 1. The highest BCUT2D eigenvalue weighted by atomic mass is 79.9. The number of ether oxygens (including phenoxy) is 1. The van der Waals surface area contributed by atoms with Crippen LogP contribution in [0, 0.1) is 5.92 Å². The van der Waals surface area contributed by atoms with E-state index in [0.29, 0.717) is 10.0 Å². The van der Waals surface area contributed by atoms with Crippen LogP contribution in [0.5, 0.6) is 0 Å². The van der Waals surface area contributed by atoms with E-state index in [-0.39, 0.29) is 18.1 Å². The first-order chi connectivity index (χ1) is 8.43. The van der Waals surface area contributed by atoms with Crippen molar-refractivity contribution in [3.63, 3.8) is 0 Å². The molecule has 18 heavy (non-hydrogen) atoms. The quantitative estimate of drug-likeness (QED) is 0.601. The first kappa shape index (κ1) is 14.9. The second-order valence-electron chi connectivity index (χ2n) is 4.40. The summed E-state index contributed by atoms with van der Waals surface area (Å²) < 4.78 is 19.7. The van der Waals surface area contributed by atoms with Crippen LogP contribution in [0.2, 0.25) is 0 Å². The molecule has 1 rings (SSSR count). The van der Waals surface area contributed by atoms with Crippen LogP contribution in [0.15, 0.2) is 40.9 Å². The van der Waals surface area contributed by atoms with Gasteiger partial charge >= 0.3 is 5.97 Å². The topological polar surface area (TPSA) is 26.3 Å². The zero-order valence-corrected chi connectivity index (χ0v) is 12.0. The van der Waals surface area contributed by atoms with E-state index in [1.807, 2.05) is 13.8 Å². The van der Waals surface area contributed by atoms with Crippen molar-refractivity contribution in [2.45, 2.75) is 20.0 Å². The molecule has 1 aromatic rings. The van der Waals surface area contributed by atoms with Gasteiger partial charge in [-0.3, -0.25) is 0 Å². The molecule has 0 spiro atoms. The van der Waals surface area contributed by atoms with Gasteiger partial charge < -0.3 is 4.74 Å². The lowest BCUT2D eigenvalue weighted by molar-refractivity contribution is -0.140. The zero-order chi connectivity index (χ0) is 13.7. The lowest BCUT2D eigenvalue weighted by atomic mass is 10.0. The summed E-state index contributed by atoms with van der Waals surface area (Å²) >= 11 is 3.24. The second kappa shape index (κ2) is 6.69. The Morgan fingerprint density at radius 3 is 2.61 bits per heavy atom. The van der Waals surface area contributed by atoms with Crippen molar-refractivity contribution in [3.8, 4) is 0 Å². The van der Waals surface area contributed by atoms with E-state index >= 15 is 0 Å². The Morgan fingerprint density at radius 1 is 1.44 bits per heavy atom. The summed E-state index contributed by atoms with van der Waals surface area (Å²) in [4.78, 5) is 11.6. The van der Waals surface area contributed by atoms with E-state index in [1.165, 1.54) is 0 Å². The molecule has 0 aliphatic carbocycles. The molecular weight excluding hydrogens is 299 g/mol. The van der Waals surface area contributed by atoms with Gasteiger partial charge in [0.1, 0.15) is 0 Å². The van der Waals surface area contributed by atoms with Crippen molar-refractivity contribution in [1.82, 2.24) is 0 Å². The minimum absolute atomic E-state index is 0.178. The number of rotatable bonds is 5. The van der Waals surface area contributed by atoms with Crippen LogP contribution < -0.4 is 0 Å². The van der Waals surface area contributed by atoms with Crippen LogP contribution in [0.3, 0.4) is 0 Å². The summed E-state index contributed by atoms with van der Waals surface area (Å²) in [5, 5.41) is 0. The predicted molar refractivity (Wildman–Crippen MR) is 72.9 cm³/mol. The normalized spacial score (nSPS) is 12.3. The molecular formula is C14H16BrFO2. The number of hydrogen-bond donors (Lipinski definition) is 0. The SMILES string of the molecule is C=C(C(=O)OCC(C)C)C(F)c1ccccc1Br. The van der Waals surface area contributed by atoms with Crippen molar-refractivity contribution >= 4 is 21.9 Å². The standard InChI is InChI=1S/C14H16BrFO2/c1-9(2)8-18-14(17)10(3)13(16)11-6-4-5-7-12(11)15/h4-7,9,13H,3,8H2,1-2H3. The van der Waals surface area contributed by atoms with E-state index < -0.39 is 12.1 Å². The molecule has 0 saturated carbocycles. The summed E-state index contributed by atoms with van der Waals surface area (Å²) in [6, 6.07) is 6.81. The fraction of sp³-hybridized carbons (Fsp3) is 0.357. The van der Waals surface area contributed by atoms with E-state index in [1.54, 1.807) is 24.3 Å². The lowest BCUT2D eigenvalue weighted by Crippen LogP contribution is -2.14. The van der Waals surface area contributed by atoms with Crippen molar-refractivity contribution in [3.05, 3.63) is 46.5 Å². The van der Waals surface area contributed by atoms with Crippen molar-refractivity contribution < 1.29 is 13.9 Å². The summed E-state index contributed by atoms with van der Waals surface area (Å²) in [7, 11) is 0. The largest absolute Gasteiger partial charge is 0.462 e. The van der Waals surface area contributed by atoms with E-state index in [0.717, 1.165) is 0 Å². The number of esters is 1. The van der Waals surface area contributed by atoms with Crippen LogP contribution in [-0.2, 0) is 9.53 Å². The molecule has 1 unspecified atom stereocenters. The summed E-state index contributed by atoms with van der Waals surface area (Å²) in [6.07, 6.45) is -1.56. The molecule has 98 valence electrons. The molecule has 0 aliphatic heterocycles. The van der Waals surface area contributed by atoms with Crippen LogP contribution in [0.4, 0.5) is 4.39 Å². The monoisotopic (exact) mass is 314 g/mol. The molecule has 0 fully saturated rings. The highest BCUT2D eigenvalue weighted by Crippen LogP contribution is 2.31. The Hall–Kier alpha value is -1.16. The Kier molecular flexibility index (Phi) is 5.54. The molecule has 0 bridgehead atoms. The maximum absolute atomic E-state index is 14.1. The molecule has 0 N–H and O–H groups in total. The highest BCUT2D eigenvalue weighted by molar-refractivity contribution is 9.10. The Labute approximate surface area is 115 Å². The van der Waals surface area contributed by atoms with Gasteiger partial charge in [-0.25, -0.2) is 9.18 Å². The molecule has 0 heterocycles. The fourth-order valence-corrected chi connectivity index (χ4v) is 1.79. The van der Waals surface area contributed by atoms with Gasteiger partial charge in [0.05, 0.1) is 12.2 Å². The summed E-state index contributed by atoms with van der Waals surface area (Å²) in [5.41, 5.74) is 0.201. The van der Waals surface area contributed by atoms with Crippen LogP contribution >= 0.6 is 15.9 Å². The number of halogens is 2. The van der Waals surface area contributed by atoms with Gasteiger partial charge in [0.25, 0.3) is 0 Å². The number of benzene rings is 1. The van der Waals surface area contributed by atoms with Gasteiger partial charge in [-0.15, -0.1) is 0 Å². The van der Waals surface area contributed by atoms with Gasteiger partial charge in [0, 0.05) is 10.0 Å². The maximum atomic E-state index is 14.1. The molecule has 1 atom stereocenters. The Bertz CT molecular complexity index is 443. The minimum atomic E-state index is -1.56. The fourth-order valence-electron chi connectivity index (χ4n) is 1.31.